The fourth-order valence-electron chi connectivity index (χ4n) is 2.87. The highest BCUT2D eigenvalue weighted by Gasteiger charge is 2.34. The van der Waals surface area contributed by atoms with Crippen molar-refractivity contribution in [2.75, 3.05) is 24.6 Å². The van der Waals surface area contributed by atoms with Gasteiger partial charge in [-0.15, -0.1) is 0 Å². The molecule has 0 radical (unpaired) electrons. The van der Waals surface area contributed by atoms with E-state index in [9.17, 15) is 0 Å². The van der Waals surface area contributed by atoms with Gasteiger partial charge in [-0.25, -0.2) is 0 Å². The molecular weight excluding hydrogens is 331 g/mol. The molecular formula is C21H41O3P. The topological polar surface area (TPSA) is 53.3 Å². The number of carbonyl (C=O) groups is 1. The Bertz CT molecular complexity index is 284. The van der Waals surface area contributed by atoms with Crippen LogP contribution in [0.3, 0.4) is 0 Å². The summed E-state index contributed by atoms with van der Waals surface area (Å²) in [7, 11) is -0.562. The second kappa shape index (κ2) is 21.2. The highest BCUT2D eigenvalue weighted by atomic mass is 31.2. The Morgan fingerprint density at radius 1 is 0.760 bits per heavy atom. The lowest BCUT2D eigenvalue weighted by Crippen LogP contribution is -2.12. The molecule has 1 aromatic rings. The van der Waals surface area contributed by atoms with Crippen LogP contribution < -0.4 is 5.11 Å². The van der Waals surface area contributed by atoms with E-state index < -0.39 is 13.7 Å². The van der Waals surface area contributed by atoms with Crippen LogP contribution in [0.15, 0.2) is 29.1 Å². The molecule has 148 valence electrons. The molecule has 0 fully saturated rings. The van der Waals surface area contributed by atoms with Gasteiger partial charge >= 0.3 is 0 Å². The van der Waals surface area contributed by atoms with Crippen molar-refractivity contribution in [3.8, 4) is 0 Å². The summed E-state index contributed by atoms with van der Waals surface area (Å²) in [6.07, 6.45) is 21.2. The lowest BCUT2D eigenvalue weighted by atomic mass is 10.4. The minimum Gasteiger partial charge on any atom is -0.554 e. The fourth-order valence-corrected chi connectivity index (χ4v) is 8.16. The van der Waals surface area contributed by atoms with Crippen molar-refractivity contribution in [1.82, 2.24) is 0 Å². The van der Waals surface area contributed by atoms with Gasteiger partial charge in [0.05, 0.1) is 37.2 Å². The third-order valence-corrected chi connectivity index (χ3v) is 9.43. The molecule has 0 aliphatic rings. The second-order valence-corrected chi connectivity index (χ2v) is 11.0. The van der Waals surface area contributed by atoms with Crippen LogP contribution in [-0.2, 0) is 4.79 Å². The maximum atomic E-state index is 8.25. The maximum Gasteiger partial charge on any atom is 0.0902 e. The molecule has 0 N–H and O–H groups in total. The monoisotopic (exact) mass is 372 g/mol. The van der Waals surface area contributed by atoms with Gasteiger partial charge in [0.25, 0.3) is 0 Å². The first-order chi connectivity index (χ1) is 12.2. The van der Waals surface area contributed by atoms with Crippen LogP contribution in [0, 0.1) is 0 Å². The first kappa shape index (κ1) is 26.4. The highest BCUT2D eigenvalue weighted by molar-refractivity contribution is 7.75. The van der Waals surface area contributed by atoms with Crippen LogP contribution in [0.1, 0.15) is 79.1 Å². The minimum absolute atomic E-state index is 0.500. The van der Waals surface area contributed by atoms with Crippen molar-refractivity contribution in [3.63, 3.8) is 0 Å². The second-order valence-electron chi connectivity index (χ2n) is 6.54. The number of carbonyl (C=O) groups excluding carboxylic acids is 1. The molecule has 0 spiro atoms. The van der Waals surface area contributed by atoms with Gasteiger partial charge < -0.3 is 14.3 Å². The predicted molar refractivity (Wildman–Crippen MR) is 111 cm³/mol. The van der Waals surface area contributed by atoms with E-state index in [-0.39, 0.29) is 0 Å². The molecule has 1 rings (SSSR count). The first-order valence-electron chi connectivity index (χ1n) is 10.0. The minimum atomic E-state index is -0.562. The third-order valence-electron chi connectivity index (χ3n) is 4.37. The molecule has 0 atom stereocenters. The summed E-state index contributed by atoms with van der Waals surface area (Å²) in [5.74, 6) is 0. The molecule has 0 saturated heterocycles. The van der Waals surface area contributed by atoms with Gasteiger partial charge in [-0.1, -0.05) is 53.4 Å². The molecule has 0 amide bonds. The molecule has 4 heteroatoms. The molecule has 1 aromatic heterocycles. The molecule has 0 aromatic carbocycles. The standard InChI is InChI=1S/C16H36P.C4H4O.CH2O2/c1-5-9-13-17(14-10-6-2,15-11-7-3)16-12-8-4;1-2-4-5-3-1;2-1-3/h5-16H2,1-4H3;1-4H;1H,(H,2,3)/q+1;;/p-1. The largest absolute Gasteiger partial charge is 0.554 e. The van der Waals surface area contributed by atoms with Crippen molar-refractivity contribution < 1.29 is 14.3 Å². The summed E-state index contributed by atoms with van der Waals surface area (Å²) < 4.78 is 4.58. The normalized spacial score (nSPS) is 10.2. The van der Waals surface area contributed by atoms with Crippen LogP contribution >= 0.6 is 7.26 Å². The number of rotatable bonds is 12. The van der Waals surface area contributed by atoms with Crippen molar-refractivity contribution in [3.05, 3.63) is 24.7 Å². The number of furan rings is 1. The number of carboxylic acid groups (broad SMARTS) is 1. The third kappa shape index (κ3) is 17.8. The Morgan fingerprint density at radius 3 is 1.20 bits per heavy atom. The number of hydrogen-bond acceptors (Lipinski definition) is 3. The Kier molecular flexibility index (Phi) is 22.4. The summed E-state index contributed by atoms with van der Waals surface area (Å²) in [4.78, 5) is 8.25. The van der Waals surface area contributed by atoms with Gasteiger partial charge in [-0.05, 0) is 37.8 Å². The molecule has 25 heavy (non-hydrogen) atoms. The van der Waals surface area contributed by atoms with Crippen LogP contribution in [0.4, 0.5) is 0 Å². The van der Waals surface area contributed by atoms with E-state index in [2.05, 4.69) is 32.1 Å². The van der Waals surface area contributed by atoms with Gasteiger partial charge in [0, 0.05) is 13.7 Å². The average molecular weight is 373 g/mol. The molecule has 0 saturated carbocycles. The first-order valence-corrected chi connectivity index (χ1v) is 12.6. The molecule has 0 aliphatic carbocycles. The van der Waals surface area contributed by atoms with Gasteiger partial charge in [-0.3, -0.25) is 0 Å². The summed E-state index contributed by atoms with van der Waals surface area (Å²) in [6.45, 7) is 8.92. The van der Waals surface area contributed by atoms with E-state index in [4.69, 9.17) is 9.90 Å². The van der Waals surface area contributed by atoms with Crippen LogP contribution in [0.25, 0.3) is 0 Å². The van der Waals surface area contributed by atoms with E-state index in [1.165, 1.54) is 51.4 Å². The molecule has 0 bridgehead atoms. The van der Waals surface area contributed by atoms with Gasteiger partial charge in [-0.2, -0.15) is 0 Å². The SMILES string of the molecule is CCCC[P+](CCCC)(CCCC)CCCC.O=C[O-].c1ccoc1. The van der Waals surface area contributed by atoms with Crippen molar-refractivity contribution in [1.29, 1.82) is 0 Å². The van der Waals surface area contributed by atoms with E-state index in [1.807, 2.05) is 12.1 Å². The van der Waals surface area contributed by atoms with E-state index in [0.717, 1.165) is 0 Å². The quantitative estimate of drug-likeness (QED) is 0.341. The zero-order valence-corrected chi connectivity index (χ0v) is 17.9. The van der Waals surface area contributed by atoms with Crippen molar-refractivity contribution in [2.24, 2.45) is 0 Å². The number of unbranched alkanes of at least 4 members (excludes halogenated alkanes) is 4. The van der Waals surface area contributed by atoms with Gasteiger partial charge in [0.1, 0.15) is 0 Å². The summed E-state index contributed by atoms with van der Waals surface area (Å²) in [6, 6.07) is 3.67. The Balaban J connectivity index is 0. The van der Waals surface area contributed by atoms with Gasteiger partial charge in [0.15, 0.2) is 0 Å². The highest BCUT2D eigenvalue weighted by Crippen LogP contribution is 2.61. The Hall–Kier alpha value is -0.820. The van der Waals surface area contributed by atoms with E-state index in [1.54, 1.807) is 37.2 Å². The van der Waals surface area contributed by atoms with E-state index >= 15 is 0 Å². The van der Waals surface area contributed by atoms with E-state index in [0.29, 0.717) is 0 Å². The predicted octanol–water partition coefficient (Wildman–Crippen LogP) is 5.85. The zero-order chi connectivity index (χ0) is 19.2. The van der Waals surface area contributed by atoms with Gasteiger partial charge in [0.2, 0.25) is 0 Å². The molecule has 0 unspecified atom stereocenters. The summed E-state index contributed by atoms with van der Waals surface area (Å²) in [5.41, 5.74) is 0. The number of hydrogen-bond donors (Lipinski definition) is 0. The zero-order valence-electron chi connectivity index (χ0n) is 17.0. The summed E-state index contributed by atoms with van der Waals surface area (Å²) in [5, 5.41) is 8.25. The maximum absolute atomic E-state index is 8.25. The summed E-state index contributed by atoms with van der Waals surface area (Å²) >= 11 is 0. The molecule has 1 heterocycles. The van der Waals surface area contributed by atoms with Crippen LogP contribution in [0.2, 0.25) is 0 Å². The lowest BCUT2D eigenvalue weighted by molar-refractivity contribution is -0.283. The average Bonchev–Trinajstić information content (AvgIpc) is 3.21. The van der Waals surface area contributed by atoms with Crippen LogP contribution in [-0.4, -0.2) is 31.1 Å². The Labute approximate surface area is 156 Å². The smallest absolute Gasteiger partial charge is 0.0902 e. The molecule has 0 aliphatic heterocycles. The van der Waals surface area contributed by atoms with Crippen molar-refractivity contribution >= 4 is 13.7 Å². The fraction of sp³-hybridized carbons (Fsp3) is 0.762. The van der Waals surface area contributed by atoms with Crippen molar-refractivity contribution in [2.45, 2.75) is 79.1 Å². The molecule has 3 nitrogen and oxygen atoms in total. The lowest BCUT2D eigenvalue weighted by Gasteiger charge is -2.28. The Morgan fingerprint density at radius 2 is 1.04 bits per heavy atom. The van der Waals surface area contributed by atoms with Crippen LogP contribution in [0.5, 0.6) is 0 Å².